The molecule has 1 aromatic carbocycles. The summed E-state index contributed by atoms with van der Waals surface area (Å²) in [6.07, 6.45) is 8.63. The van der Waals surface area contributed by atoms with Gasteiger partial charge < -0.3 is 10.6 Å². The quantitative estimate of drug-likeness (QED) is 0.611. The second-order valence-corrected chi connectivity index (χ2v) is 7.55. The Morgan fingerprint density at radius 1 is 1.28 bits per heavy atom. The molecule has 2 unspecified atom stereocenters. The molecule has 1 amide bonds. The topological polar surface area (TPSA) is 84.7 Å². The van der Waals surface area contributed by atoms with Crippen LogP contribution in [0.15, 0.2) is 54.0 Å². The number of nitrogens with one attached hydrogen (secondary N) is 2. The van der Waals surface area contributed by atoms with Gasteiger partial charge >= 0.3 is 0 Å². The van der Waals surface area contributed by atoms with Gasteiger partial charge in [-0.25, -0.2) is 14.6 Å². The zero-order chi connectivity index (χ0) is 20.5. The van der Waals surface area contributed by atoms with Gasteiger partial charge in [0.15, 0.2) is 5.65 Å². The first-order chi connectivity index (χ1) is 14.0. The van der Waals surface area contributed by atoms with E-state index in [9.17, 15) is 4.79 Å². The Bertz CT molecular complexity index is 1150. The Balaban J connectivity index is 1.74. The monoisotopic (exact) mass is 428 g/mol. The minimum Gasteiger partial charge on any atom is -0.355 e. The molecule has 4 rings (SSSR count). The zero-order valence-corrected chi connectivity index (χ0v) is 17.2. The predicted octanol–water partition coefficient (Wildman–Crippen LogP) is 4.08. The van der Waals surface area contributed by atoms with Crippen molar-refractivity contribution in [3.63, 3.8) is 0 Å². The van der Waals surface area contributed by atoms with Gasteiger partial charge in [0.05, 0.1) is 17.0 Å². The molecule has 148 valence electrons. The van der Waals surface area contributed by atoms with Crippen molar-refractivity contribution in [1.29, 1.82) is 0 Å². The largest absolute Gasteiger partial charge is 0.355 e. The number of fused-ring (bicyclic) bond motifs is 1. The van der Waals surface area contributed by atoms with Crippen LogP contribution in [0.4, 0.5) is 11.5 Å². The third-order valence-electron chi connectivity index (χ3n) is 4.77. The molecule has 1 aliphatic carbocycles. The summed E-state index contributed by atoms with van der Waals surface area (Å²) in [6, 6.07) is 5.10. The number of anilines is 2. The molecule has 0 spiro atoms. The molecule has 0 saturated carbocycles. The van der Waals surface area contributed by atoms with Crippen LogP contribution in [0.2, 0.25) is 0 Å². The first kappa shape index (κ1) is 19.4. The number of amides is 1. The van der Waals surface area contributed by atoms with Gasteiger partial charge in [0.2, 0.25) is 0 Å². The molecule has 0 fully saturated rings. The number of allylic oxidation sites excluding steroid dienone is 4. The number of aromatic nitrogens is 4. The van der Waals surface area contributed by atoms with E-state index in [1.54, 1.807) is 36.1 Å². The maximum absolute atomic E-state index is 12.0. The van der Waals surface area contributed by atoms with Crippen LogP contribution in [0.1, 0.15) is 22.0 Å². The molecule has 2 N–H and O–H groups in total. The molecule has 0 bridgehead atoms. The van der Waals surface area contributed by atoms with Crippen LogP contribution in [0.25, 0.3) is 11.0 Å². The molecule has 29 heavy (non-hydrogen) atoms. The number of rotatable bonds is 4. The number of carbonyl (C=O) groups is 1. The van der Waals surface area contributed by atoms with E-state index in [0.29, 0.717) is 22.1 Å². The molecular formula is C20H18Cl2N6O. The zero-order valence-electron chi connectivity index (χ0n) is 15.7. The predicted molar refractivity (Wildman–Crippen MR) is 115 cm³/mol. The highest BCUT2D eigenvalue weighted by Crippen LogP contribution is 2.35. The lowest BCUT2D eigenvalue weighted by atomic mass is 10.1. The number of hydrogen-bond donors (Lipinski definition) is 2. The Kier molecular flexibility index (Phi) is 5.25. The van der Waals surface area contributed by atoms with Crippen molar-refractivity contribution in [2.45, 2.75) is 18.3 Å². The summed E-state index contributed by atoms with van der Waals surface area (Å²) < 4.78 is 1.70. The van der Waals surface area contributed by atoms with Crippen molar-refractivity contribution in [3.8, 4) is 0 Å². The Morgan fingerprint density at radius 3 is 2.86 bits per heavy atom. The van der Waals surface area contributed by atoms with E-state index in [0.717, 1.165) is 16.6 Å². The average molecular weight is 429 g/mol. The second kappa shape index (κ2) is 7.85. The highest BCUT2D eigenvalue weighted by atomic mass is 35.5. The summed E-state index contributed by atoms with van der Waals surface area (Å²) in [5.74, 6) is 0.421. The second-order valence-electron chi connectivity index (χ2n) is 6.61. The highest BCUT2D eigenvalue weighted by molar-refractivity contribution is 6.32. The van der Waals surface area contributed by atoms with E-state index >= 15 is 0 Å². The molecule has 1 aliphatic rings. The number of alkyl halides is 1. The summed E-state index contributed by atoms with van der Waals surface area (Å²) in [4.78, 5) is 20.7. The maximum Gasteiger partial charge on any atom is 0.251 e. The van der Waals surface area contributed by atoms with E-state index < -0.39 is 0 Å². The number of carbonyl (C=O) groups excluding carboxylic acids is 1. The standard InChI is InChI=1S/C20H18Cl2N6O/c1-11-6-7-12(20(29)23-2)8-16(11)27-18-13-9-26-28(19(13)25-10-24-18)17-14(21)4-3-5-15(17)22/h3-10,14,17H,1-2H3,(H,23,29)(H,24,25,27). The van der Waals surface area contributed by atoms with E-state index in [2.05, 4.69) is 25.7 Å². The Morgan fingerprint density at radius 2 is 2.10 bits per heavy atom. The van der Waals surface area contributed by atoms with Gasteiger partial charge in [-0.3, -0.25) is 4.79 Å². The van der Waals surface area contributed by atoms with Gasteiger partial charge in [0.1, 0.15) is 18.2 Å². The molecule has 0 aliphatic heterocycles. The maximum atomic E-state index is 12.0. The van der Waals surface area contributed by atoms with E-state index in [-0.39, 0.29) is 17.3 Å². The minimum atomic E-state index is -0.345. The van der Waals surface area contributed by atoms with Crippen molar-refractivity contribution >= 4 is 51.6 Å². The molecule has 2 atom stereocenters. The van der Waals surface area contributed by atoms with Gasteiger partial charge in [0.25, 0.3) is 5.91 Å². The number of halogens is 2. The number of nitrogens with zero attached hydrogens (tertiary/aromatic N) is 4. The fourth-order valence-electron chi connectivity index (χ4n) is 3.20. The lowest BCUT2D eigenvalue weighted by Gasteiger charge is -2.22. The Labute approximate surface area is 177 Å². The van der Waals surface area contributed by atoms with Gasteiger partial charge in [-0.05, 0) is 30.7 Å². The van der Waals surface area contributed by atoms with Gasteiger partial charge in [-0.15, -0.1) is 11.6 Å². The van der Waals surface area contributed by atoms with Gasteiger partial charge in [0, 0.05) is 23.3 Å². The van der Waals surface area contributed by atoms with Crippen LogP contribution in [-0.4, -0.2) is 38.1 Å². The normalized spacial score (nSPS) is 18.6. The van der Waals surface area contributed by atoms with Crippen LogP contribution >= 0.6 is 23.2 Å². The number of aryl methyl sites for hydroxylation is 1. The molecule has 2 heterocycles. The van der Waals surface area contributed by atoms with Crippen LogP contribution in [-0.2, 0) is 0 Å². The van der Waals surface area contributed by atoms with Crippen molar-refractivity contribution in [2.75, 3.05) is 12.4 Å². The van der Waals surface area contributed by atoms with E-state index in [1.165, 1.54) is 6.33 Å². The van der Waals surface area contributed by atoms with E-state index in [4.69, 9.17) is 23.2 Å². The summed E-state index contributed by atoms with van der Waals surface area (Å²) in [5.41, 5.74) is 2.91. The molecule has 0 radical (unpaired) electrons. The molecule has 9 heteroatoms. The minimum absolute atomic E-state index is 0.159. The van der Waals surface area contributed by atoms with Crippen LogP contribution < -0.4 is 10.6 Å². The smallest absolute Gasteiger partial charge is 0.251 e. The summed E-state index contributed by atoms with van der Waals surface area (Å²) in [7, 11) is 1.60. The first-order valence-electron chi connectivity index (χ1n) is 8.95. The Hall–Kier alpha value is -2.90. The van der Waals surface area contributed by atoms with Gasteiger partial charge in [-0.1, -0.05) is 29.8 Å². The third kappa shape index (κ3) is 3.59. The summed E-state index contributed by atoms with van der Waals surface area (Å²) in [5, 5.41) is 11.4. The summed E-state index contributed by atoms with van der Waals surface area (Å²) >= 11 is 12.8. The molecule has 0 saturated heterocycles. The third-order valence-corrected chi connectivity index (χ3v) is 5.50. The summed E-state index contributed by atoms with van der Waals surface area (Å²) in [6.45, 7) is 1.95. The van der Waals surface area contributed by atoms with Crippen LogP contribution in [0, 0.1) is 6.92 Å². The fraction of sp³-hybridized carbons (Fsp3) is 0.200. The van der Waals surface area contributed by atoms with Crippen molar-refractivity contribution in [2.24, 2.45) is 0 Å². The molecule has 7 nitrogen and oxygen atoms in total. The van der Waals surface area contributed by atoms with Crippen LogP contribution in [0.3, 0.4) is 0 Å². The lowest BCUT2D eigenvalue weighted by Crippen LogP contribution is -2.22. The number of hydrogen-bond acceptors (Lipinski definition) is 5. The highest BCUT2D eigenvalue weighted by Gasteiger charge is 2.27. The van der Waals surface area contributed by atoms with Crippen molar-refractivity contribution in [1.82, 2.24) is 25.1 Å². The SMILES string of the molecule is CNC(=O)c1ccc(C)c(Nc2ncnc3c2cnn3C2C(Cl)=CC=CC2Cl)c1. The molecule has 3 aromatic rings. The van der Waals surface area contributed by atoms with Crippen molar-refractivity contribution in [3.05, 3.63) is 65.1 Å². The van der Waals surface area contributed by atoms with Gasteiger partial charge in [-0.2, -0.15) is 5.10 Å². The molecular weight excluding hydrogens is 411 g/mol. The lowest BCUT2D eigenvalue weighted by molar-refractivity contribution is 0.0963. The average Bonchev–Trinajstić information content (AvgIpc) is 3.14. The van der Waals surface area contributed by atoms with Crippen molar-refractivity contribution < 1.29 is 4.79 Å². The first-order valence-corrected chi connectivity index (χ1v) is 9.77. The fourth-order valence-corrected chi connectivity index (χ4v) is 3.89. The van der Waals surface area contributed by atoms with Crippen LogP contribution in [0.5, 0.6) is 0 Å². The van der Waals surface area contributed by atoms with E-state index in [1.807, 2.05) is 25.1 Å². The number of benzene rings is 1. The molecule has 2 aromatic heterocycles.